The van der Waals surface area contributed by atoms with Crippen LogP contribution in [-0.4, -0.2) is 37.0 Å². The molecule has 4 rings (SSSR count). The molecule has 0 radical (unpaired) electrons. The molecule has 2 heterocycles. The lowest BCUT2D eigenvalue weighted by Crippen LogP contribution is -2.42. The van der Waals surface area contributed by atoms with Crippen LogP contribution < -0.4 is 10.1 Å². The second kappa shape index (κ2) is 6.97. The molecule has 2 fully saturated rings. The van der Waals surface area contributed by atoms with E-state index in [2.05, 4.69) is 43.1 Å². The van der Waals surface area contributed by atoms with E-state index in [1.807, 2.05) is 0 Å². The number of hydrogen-bond donors (Lipinski definition) is 1. The summed E-state index contributed by atoms with van der Waals surface area (Å²) in [6.07, 6.45) is 4.43. The van der Waals surface area contributed by atoms with Crippen LogP contribution in [0.4, 0.5) is 0 Å². The molecular formula is C22H31ClN2O2. The summed E-state index contributed by atoms with van der Waals surface area (Å²) in [6.45, 7) is 11.0. The average molecular weight is 391 g/mol. The summed E-state index contributed by atoms with van der Waals surface area (Å²) in [5.74, 6) is 1.79. The molecule has 2 aliphatic heterocycles. The lowest BCUT2D eigenvalue weighted by atomic mass is 9.86. The van der Waals surface area contributed by atoms with Crippen molar-refractivity contribution in [2.75, 3.05) is 26.2 Å². The van der Waals surface area contributed by atoms with Gasteiger partial charge in [-0.2, -0.15) is 0 Å². The van der Waals surface area contributed by atoms with Gasteiger partial charge in [-0.05, 0) is 50.3 Å². The maximum Gasteiger partial charge on any atom is 0.225 e. The van der Waals surface area contributed by atoms with Crippen molar-refractivity contribution in [2.24, 2.45) is 11.3 Å². The molecule has 1 amide bonds. The van der Waals surface area contributed by atoms with Crippen LogP contribution in [0.2, 0.25) is 5.02 Å². The highest BCUT2D eigenvalue weighted by Gasteiger charge is 2.44. The Bertz CT molecular complexity index is 742. The van der Waals surface area contributed by atoms with Crippen molar-refractivity contribution in [3.63, 3.8) is 0 Å². The van der Waals surface area contributed by atoms with Crippen molar-refractivity contribution >= 4 is 17.5 Å². The van der Waals surface area contributed by atoms with Crippen LogP contribution in [0.25, 0.3) is 0 Å². The summed E-state index contributed by atoms with van der Waals surface area (Å²) >= 11 is 6.41. The third kappa shape index (κ3) is 3.97. The summed E-state index contributed by atoms with van der Waals surface area (Å²) in [7, 11) is 0. The van der Waals surface area contributed by atoms with Gasteiger partial charge in [-0.25, -0.2) is 0 Å². The predicted octanol–water partition coefficient (Wildman–Crippen LogP) is 4.14. The van der Waals surface area contributed by atoms with E-state index in [0.717, 1.165) is 49.8 Å². The van der Waals surface area contributed by atoms with Crippen LogP contribution in [-0.2, 0) is 16.8 Å². The zero-order valence-corrected chi connectivity index (χ0v) is 17.5. The second-order valence-corrected chi connectivity index (χ2v) is 10.1. The SMILES string of the molecule is CC1(C(=O)NCC2CCCN(Cc3cc(Cl)cc4c3OCC4(C)C)C2)CC1. The molecule has 0 bridgehead atoms. The largest absolute Gasteiger partial charge is 0.492 e. The highest BCUT2D eigenvalue weighted by atomic mass is 35.5. The lowest BCUT2D eigenvalue weighted by molar-refractivity contribution is -0.126. The van der Waals surface area contributed by atoms with Crippen molar-refractivity contribution in [3.05, 3.63) is 28.3 Å². The maximum atomic E-state index is 12.2. The number of likely N-dealkylation sites (tertiary alicyclic amines) is 1. The molecule has 148 valence electrons. The lowest BCUT2D eigenvalue weighted by Gasteiger charge is -2.33. The number of nitrogens with one attached hydrogen (secondary N) is 1. The van der Waals surface area contributed by atoms with Gasteiger partial charge in [0.05, 0.1) is 6.61 Å². The van der Waals surface area contributed by atoms with Gasteiger partial charge in [0.15, 0.2) is 0 Å². The van der Waals surface area contributed by atoms with Crippen molar-refractivity contribution in [1.82, 2.24) is 10.2 Å². The Morgan fingerprint density at radius 3 is 2.85 bits per heavy atom. The molecule has 1 aromatic rings. The number of piperidine rings is 1. The number of ether oxygens (including phenoxy) is 1. The molecular weight excluding hydrogens is 360 g/mol. The average Bonchev–Trinajstić information content (AvgIpc) is 3.30. The molecule has 27 heavy (non-hydrogen) atoms. The minimum Gasteiger partial charge on any atom is -0.492 e. The fourth-order valence-electron chi connectivity index (χ4n) is 4.34. The first-order valence-corrected chi connectivity index (χ1v) is 10.6. The predicted molar refractivity (Wildman–Crippen MR) is 108 cm³/mol. The van der Waals surface area contributed by atoms with Crippen LogP contribution in [0, 0.1) is 11.3 Å². The van der Waals surface area contributed by atoms with Gasteiger partial charge in [-0.3, -0.25) is 9.69 Å². The summed E-state index contributed by atoms with van der Waals surface area (Å²) in [6, 6.07) is 4.11. The summed E-state index contributed by atoms with van der Waals surface area (Å²) in [5.41, 5.74) is 2.35. The normalized spacial score (nSPS) is 25.6. The number of nitrogens with zero attached hydrogens (tertiary/aromatic N) is 1. The van der Waals surface area contributed by atoms with Crippen LogP contribution in [0.1, 0.15) is 57.6 Å². The Morgan fingerprint density at radius 1 is 1.33 bits per heavy atom. The molecule has 5 heteroatoms. The molecule has 1 unspecified atom stereocenters. The van der Waals surface area contributed by atoms with Crippen LogP contribution >= 0.6 is 11.6 Å². The van der Waals surface area contributed by atoms with Gasteiger partial charge in [0.25, 0.3) is 0 Å². The summed E-state index contributed by atoms with van der Waals surface area (Å²) < 4.78 is 6.05. The fraction of sp³-hybridized carbons (Fsp3) is 0.682. The Labute approximate surface area is 167 Å². The zero-order valence-electron chi connectivity index (χ0n) is 16.7. The Kier molecular flexibility index (Phi) is 4.92. The van der Waals surface area contributed by atoms with E-state index >= 15 is 0 Å². The zero-order chi connectivity index (χ0) is 19.2. The van der Waals surface area contributed by atoms with Gasteiger partial charge in [0.1, 0.15) is 5.75 Å². The Morgan fingerprint density at radius 2 is 2.11 bits per heavy atom. The second-order valence-electron chi connectivity index (χ2n) is 9.63. The number of carbonyl (C=O) groups excluding carboxylic acids is 1. The monoisotopic (exact) mass is 390 g/mol. The van der Waals surface area contributed by atoms with Gasteiger partial charge >= 0.3 is 0 Å². The number of halogens is 1. The van der Waals surface area contributed by atoms with Crippen LogP contribution in [0.15, 0.2) is 12.1 Å². The molecule has 1 aromatic carbocycles. The Hall–Kier alpha value is -1.26. The minimum atomic E-state index is -0.0835. The van der Waals surface area contributed by atoms with Gasteiger partial charge < -0.3 is 10.1 Å². The van der Waals surface area contributed by atoms with E-state index in [1.54, 1.807) is 0 Å². The number of rotatable bonds is 5. The number of carbonyl (C=O) groups is 1. The van der Waals surface area contributed by atoms with Crippen LogP contribution in [0.5, 0.6) is 5.75 Å². The van der Waals surface area contributed by atoms with Crippen molar-refractivity contribution in [3.8, 4) is 5.75 Å². The summed E-state index contributed by atoms with van der Waals surface area (Å²) in [5, 5.41) is 3.98. The van der Waals surface area contributed by atoms with Crippen molar-refractivity contribution in [1.29, 1.82) is 0 Å². The number of amides is 1. The van der Waals surface area contributed by atoms with Gasteiger partial charge in [0.2, 0.25) is 5.91 Å². The fourth-order valence-corrected chi connectivity index (χ4v) is 4.58. The standard InChI is InChI=1S/C22H31ClN2O2/c1-21(2)14-27-19-16(9-17(23)10-18(19)21)13-25-8-4-5-15(12-25)11-24-20(26)22(3)6-7-22/h9-10,15H,4-8,11-14H2,1-3H3,(H,24,26). The molecule has 1 atom stereocenters. The molecule has 0 aromatic heterocycles. The number of hydrogen-bond acceptors (Lipinski definition) is 3. The molecule has 1 N–H and O–H groups in total. The van der Waals surface area contributed by atoms with Gasteiger partial charge in [-0.15, -0.1) is 0 Å². The smallest absolute Gasteiger partial charge is 0.225 e. The molecule has 1 aliphatic carbocycles. The van der Waals surface area contributed by atoms with E-state index < -0.39 is 0 Å². The number of fused-ring (bicyclic) bond motifs is 1. The molecule has 1 saturated carbocycles. The minimum absolute atomic E-state index is 0.0165. The molecule has 0 spiro atoms. The van der Waals surface area contributed by atoms with Gasteiger partial charge in [-0.1, -0.05) is 32.4 Å². The first-order valence-electron chi connectivity index (χ1n) is 10.2. The topological polar surface area (TPSA) is 41.6 Å². The highest BCUT2D eigenvalue weighted by Crippen LogP contribution is 2.45. The Balaban J connectivity index is 1.39. The van der Waals surface area contributed by atoms with Gasteiger partial charge in [0, 0.05) is 46.6 Å². The van der Waals surface area contributed by atoms with E-state index in [1.165, 1.54) is 24.0 Å². The van der Waals surface area contributed by atoms with E-state index in [0.29, 0.717) is 12.5 Å². The molecule has 1 saturated heterocycles. The third-order valence-electron chi connectivity index (χ3n) is 6.53. The van der Waals surface area contributed by atoms with Crippen molar-refractivity contribution < 1.29 is 9.53 Å². The highest BCUT2D eigenvalue weighted by molar-refractivity contribution is 6.30. The third-order valence-corrected chi connectivity index (χ3v) is 6.75. The molecule has 4 nitrogen and oxygen atoms in total. The molecule has 3 aliphatic rings. The van der Waals surface area contributed by atoms with E-state index in [9.17, 15) is 4.79 Å². The van der Waals surface area contributed by atoms with Crippen LogP contribution in [0.3, 0.4) is 0 Å². The number of benzene rings is 1. The van der Waals surface area contributed by atoms with E-state index in [4.69, 9.17) is 16.3 Å². The first-order chi connectivity index (χ1) is 12.8. The van der Waals surface area contributed by atoms with Crippen molar-refractivity contribution in [2.45, 2.75) is 58.4 Å². The van der Waals surface area contributed by atoms with E-state index in [-0.39, 0.29) is 16.7 Å². The first kappa shape index (κ1) is 19.1. The summed E-state index contributed by atoms with van der Waals surface area (Å²) in [4.78, 5) is 14.7. The maximum absolute atomic E-state index is 12.2. The quantitative estimate of drug-likeness (QED) is 0.821.